The van der Waals surface area contributed by atoms with E-state index in [1.807, 2.05) is 54.6 Å². The number of benzene rings is 4. The zero-order valence-corrected chi connectivity index (χ0v) is 27.5. The summed E-state index contributed by atoms with van der Waals surface area (Å²) in [6.07, 6.45) is -3.35. The molecule has 5 aromatic rings. The topological polar surface area (TPSA) is 65.8 Å². The minimum Gasteiger partial charge on any atom is -0.497 e. The van der Waals surface area contributed by atoms with Crippen LogP contribution in [0.2, 0.25) is 0 Å². The molecule has 0 saturated heterocycles. The molecule has 2 atom stereocenters. The van der Waals surface area contributed by atoms with E-state index >= 15 is 4.39 Å². The van der Waals surface area contributed by atoms with Gasteiger partial charge in [-0.1, -0.05) is 66.4 Å². The van der Waals surface area contributed by atoms with Crippen molar-refractivity contribution in [3.05, 3.63) is 155 Å². The van der Waals surface area contributed by atoms with Crippen molar-refractivity contribution >= 4 is 5.90 Å². The highest BCUT2D eigenvalue weighted by Crippen LogP contribution is 2.47. The summed E-state index contributed by atoms with van der Waals surface area (Å²) in [4.78, 5) is 12.7. The lowest BCUT2D eigenvalue weighted by Crippen LogP contribution is -2.46. The van der Waals surface area contributed by atoms with E-state index in [-0.39, 0.29) is 17.9 Å². The summed E-state index contributed by atoms with van der Waals surface area (Å²) in [6.45, 7) is 1.50. The monoisotopic (exact) mass is 679 g/mol. The molecule has 1 aliphatic rings. The minimum atomic E-state index is -4.76. The van der Waals surface area contributed by atoms with Gasteiger partial charge < -0.3 is 14.2 Å². The standard InChI is InChI=1S/C40H33F4N3O3/c1-38(34-21-27(11-20-35(34)41)9-10-28-24-45-26-46-25-28)22-36(40(42,43)44)50-37(47-38)23-39(29-7-5-4-6-8-29,30-12-16-32(48-2)17-13-30)31-14-18-33(49-3)19-15-31/h4-8,11-21,24-26,36H,22-23H2,1-3H3/t36-,38-/m0/s1. The van der Waals surface area contributed by atoms with Crippen molar-refractivity contribution in [2.24, 2.45) is 4.99 Å². The molecule has 0 fully saturated rings. The van der Waals surface area contributed by atoms with Gasteiger partial charge in [-0.3, -0.25) is 0 Å². The Kier molecular flexibility index (Phi) is 9.60. The number of methoxy groups -OCH3 is 2. The van der Waals surface area contributed by atoms with Crippen molar-refractivity contribution in [2.75, 3.05) is 14.2 Å². The van der Waals surface area contributed by atoms with Gasteiger partial charge >= 0.3 is 6.18 Å². The predicted molar refractivity (Wildman–Crippen MR) is 182 cm³/mol. The van der Waals surface area contributed by atoms with Crippen LogP contribution >= 0.6 is 0 Å². The van der Waals surface area contributed by atoms with Gasteiger partial charge in [0.25, 0.3) is 0 Å². The lowest BCUT2D eigenvalue weighted by atomic mass is 9.67. The molecule has 0 unspecified atom stereocenters. The summed E-state index contributed by atoms with van der Waals surface area (Å²) in [6, 6.07) is 28.2. The van der Waals surface area contributed by atoms with Crippen LogP contribution in [0.15, 0.2) is 121 Å². The Morgan fingerprint density at radius 3 is 1.90 bits per heavy atom. The van der Waals surface area contributed by atoms with Crippen molar-refractivity contribution in [1.29, 1.82) is 0 Å². The Morgan fingerprint density at radius 1 is 0.780 bits per heavy atom. The van der Waals surface area contributed by atoms with Crippen molar-refractivity contribution in [3.63, 3.8) is 0 Å². The molecule has 50 heavy (non-hydrogen) atoms. The van der Waals surface area contributed by atoms with E-state index in [1.165, 1.54) is 43.8 Å². The molecule has 0 aliphatic carbocycles. The number of alkyl halides is 3. The molecule has 10 heteroatoms. The molecule has 254 valence electrons. The number of hydrogen-bond acceptors (Lipinski definition) is 6. The minimum absolute atomic E-state index is 0.0251. The van der Waals surface area contributed by atoms with Gasteiger partial charge in [0.05, 0.1) is 30.7 Å². The van der Waals surface area contributed by atoms with E-state index in [2.05, 4.69) is 21.8 Å². The molecule has 0 radical (unpaired) electrons. The van der Waals surface area contributed by atoms with Crippen LogP contribution in [0.3, 0.4) is 0 Å². The second kappa shape index (κ2) is 14.0. The smallest absolute Gasteiger partial charge is 0.425 e. The van der Waals surface area contributed by atoms with Gasteiger partial charge in [-0.2, -0.15) is 13.2 Å². The zero-order valence-electron chi connectivity index (χ0n) is 27.5. The van der Waals surface area contributed by atoms with E-state index in [1.54, 1.807) is 38.5 Å². The first-order valence-electron chi connectivity index (χ1n) is 15.8. The molecule has 0 amide bonds. The molecular weight excluding hydrogens is 646 g/mol. The fourth-order valence-corrected chi connectivity index (χ4v) is 6.38. The van der Waals surface area contributed by atoms with Gasteiger partial charge in [0, 0.05) is 36.4 Å². The van der Waals surface area contributed by atoms with Gasteiger partial charge in [-0.05, 0) is 66.1 Å². The summed E-state index contributed by atoms with van der Waals surface area (Å²) in [5.74, 6) is 6.20. The third kappa shape index (κ3) is 7.03. The van der Waals surface area contributed by atoms with Gasteiger partial charge in [-0.15, -0.1) is 0 Å². The average Bonchev–Trinajstić information content (AvgIpc) is 3.14. The lowest BCUT2D eigenvalue weighted by Gasteiger charge is -2.41. The Labute approximate surface area is 287 Å². The van der Waals surface area contributed by atoms with Crippen LogP contribution < -0.4 is 9.47 Å². The van der Waals surface area contributed by atoms with Crippen molar-refractivity contribution in [2.45, 2.75) is 43.0 Å². The molecule has 0 bridgehead atoms. The average molecular weight is 680 g/mol. The molecule has 0 saturated carbocycles. The van der Waals surface area contributed by atoms with E-state index in [0.29, 0.717) is 22.6 Å². The zero-order chi connectivity index (χ0) is 35.4. The first-order chi connectivity index (χ1) is 24.0. The van der Waals surface area contributed by atoms with E-state index in [9.17, 15) is 13.2 Å². The lowest BCUT2D eigenvalue weighted by molar-refractivity contribution is -0.208. The second-order valence-electron chi connectivity index (χ2n) is 12.1. The van der Waals surface area contributed by atoms with Crippen LogP contribution in [0.1, 0.15) is 53.1 Å². The maximum Gasteiger partial charge on any atom is 0.425 e. The van der Waals surface area contributed by atoms with Crippen molar-refractivity contribution in [1.82, 2.24) is 9.97 Å². The quantitative estimate of drug-likeness (QED) is 0.0936. The van der Waals surface area contributed by atoms with Crippen molar-refractivity contribution in [3.8, 4) is 23.3 Å². The van der Waals surface area contributed by atoms with Crippen LogP contribution in [0.4, 0.5) is 17.6 Å². The summed E-state index contributed by atoms with van der Waals surface area (Å²) >= 11 is 0. The van der Waals surface area contributed by atoms with Crippen LogP contribution in [0.25, 0.3) is 0 Å². The first-order valence-corrected chi connectivity index (χ1v) is 15.8. The Balaban J connectivity index is 1.54. The molecule has 1 aliphatic heterocycles. The number of nitrogens with zero attached hydrogens (tertiary/aromatic N) is 3. The number of halogens is 4. The SMILES string of the molecule is COc1ccc(C(CC2=N[C@](C)(c3cc(C#Cc4cncnc4)ccc3F)C[C@@H](C(F)(F)F)O2)(c2ccccc2)c2ccc(OC)cc2)cc1. The predicted octanol–water partition coefficient (Wildman–Crippen LogP) is 8.42. The molecular formula is C40H33F4N3O3. The number of aromatic nitrogens is 2. The third-order valence-electron chi connectivity index (χ3n) is 8.90. The Bertz CT molecular complexity index is 1980. The largest absolute Gasteiger partial charge is 0.497 e. The molecule has 0 spiro atoms. The van der Waals surface area contributed by atoms with Crippen molar-refractivity contribution < 1.29 is 31.8 Å². The molecule has 0 N–H and O–H groups in total. The Hall–Kier alpha value is -5.69. The van der Waals surface area contributed by atoms with E-state index < -0.39 is 35.5 Å². The van der Waals surface area contributed by atoms with Gasteiger partial charge in [0.15, 0.2) is 12.0 Å². The number of aliphatic imine (C=N–C) groups is 1. The Morgan fingerprint density at radius 2 is 1.34 bits per heavy atom. The summed E-state index contributed by atoms with van der Waals surface area (Å²) < 4.78 is 76.4. The van der Waals surface area contributed by atoms with E-state index in [0.717, 1.165) is 16.7 Å². The molecule has 6 nitrogen and oxygen atoms in total. The number of ether oxygens (including phenoxy) is 3. The maximum atomic E-state index is 15.7. The summed E-state index contributed by atoms with van der Waals surface area (Å²) in [5, 5.41) is 0. The third-order valence-corrected chi connectivity index (χ3v) is 8.90. The highest BCUT2D eigenvalue weighted by molar-refractivity contribution is 5.82. The highest BCUT2D eigenvalue weighted by atomic mass is 19.4. The number of rotatable bonds is 8. The van der Waals surface area contributed by atoms with Gasteiger partial charge in [-0.25, -0.2) is 19.4 Å². The normalized spacial score (nSPS) is 17.5. The van der Waals surface area contributed by atoms with Crippen LogP contribution in [0.5, 0.6) is 11.5 Å². The summed E-state index contributed by atoms with van der Waals surface area (Å²) in [5.41, 5.74) is 0.435. The van der Waals surface area contributed by atoms with Gasteiger partial charge in [0.1, 0.15) is 23.6 Å². The second-order valence-corrected chi connectivity index (χ2v) is 12.1. The summed E-state index contributed by atoms with van der Waals surface area (Å²) in [7, 11) is 3.11. The van der Waals surface area contributed by atoms with E-state index in [4.69, 9.17) is 19.2 Å². The van der Waals surface area contributed by atoms with Crippen LogP contribution in [-0.2, 0) is 15.7 Å². The highest BCUT2D eigenvalue weighted by Gasteiger charge is 2.51. The fourth-order valence-electron chi connectivity index (χ4n) is 6.38. The fraction of sp³-hybridized carbons (Fsp3) is 0.225. The molecule has 4 aromatic carbocycles. The van der Waals surface area contributed by atoms with Crippen LogP contribution in [-0.4, -0.2) is 42.4 Å². The number of hydrogen-bond donors (Lipinski definition) is 0. The van der Waals surface area contributed by atoms with Crippen LogP contribution in [0, 0.1) is 17.7 Å². The first kappa shape index (κ1) is 34.2. The molecule has 6 rings (SSSR count). The molecule has 1 aromatic heterocycles. The molecule has 2 heterocycles. The van der Waals surface area contributed by atoms with Gasteiger partial charge in [0.2, 0.25) is 0 Å². The maximum absolute atomic E-state index is 15.7.